The van der Waals surface area contributed by atoms with Crippen LogP contribution in [0.5, 0.6) is 5.75 Å². The maximum Gasteiger partial charge on any atom is 0.387 e. The van der Waals surface area contributed by atoms with Crippen LogP contribution in [0.15, 0.2) is 23.2 Å². The summed E-state index contributed by atoms with van der Waals surface area (Å²) in [4.78, 5) is 3.99. The van der Waals surface area contributed by atoms with Gasteiger partial charge in [0.2, 0.25) is 0 Å². The molecular weight excluding hydrogens is 410 g/mol. The van der Waals surface area contributed by atoms with Gasteiger partial charge in [-0.15, -0.1) is 24.0 Å². The molecule has 1 aromatic carbocycles. The molecule has 1 rings (SSSR count). The minimum absolute atomic E-state index is 0. The van der Waals surface area contributed by atoms with Crippen molar-refractivity contribution in [3.05, 3.63) is 29.6 Å². The molecule has 0 atom stereocenters. The van der Waals surface area contributed by atoms with E-state index in [4.69, 9.17) is 0 Å². The van der Waals surface area contributed by atoms with Crippen molar-refractivity contribution in [3.8, 4) is 5.75 Å². The minimum Gasteiger partial charge on any atom is -0.434 e. The molecule has 0 bridgehead atoms. The van der Waals surface area contributed by atoms with Gasteiger partial charge in [-0.25, -0.2) is 4.39 Å². The highest BCUT2D eigenvalue weighted by atomic mass is 127. The Kier molecular flexibility index (Phi) is 8.57. The van der Waals surface area contributed by atoms with Crippen LogP contribution >= 0.6 is 24.0 Å². The zero-order chi connectivity index (χ0) is 16.0. The van der Waals surface area contributed by atoms with E-state index in [2.05, 4.69) is 20.4 Å². The van der Waals surface area contributed by atoms with E-state index in [9.17, 15) is 13.2 Å². The van der Waals surface area contributed by atoms with Gasteiger partial charge in [0.15, 0.2) is 5.96 Å². The Morgan fingerprint density at radius 1 is 1.32 bits per heavy atom. The van der Waals surface area contributed by atoms with Crippen LogP contribution < -0.4 is 15.4 Å². The fourth-order valence-corrected chi connectivity index (χ4v) is 1.62. The first-order valence-corrected chi connectivity index (χ1v) is 6.44. The number of nitrogens with zero attached hydrogens (tertiary/aromatic N) is 1. The van der Waals surface area contributed by atoms with E-state index >= 15 is 0 Å². The van der Waals surface area contributed by atoms with E-state index in [0.717, 1.165) is 0 Å². The van der Waals surface area contributed by atoms with Gasteiger partial charge in [0.05, 0.1) is 0 Å². The molecule has 0 aliphatic carbocycles. The monoisotopic (exact) mass is 431 g/mol. The summed E-state index contributed by atoms with van der Waals surface area (Å²) < 4.78 is 42.7. The van der Waals surface area contributed by atoms with Crippen molar-refractivity contribution in [2.75, 3.05) is 7.05 Å². The number of halogens is 4. The lowest BCUT2D eigenvalue weighted by molar-refractivity contribution is -0.0506. The van der Waals surface area contributed by atoms with E-state index in [1.165, 1.54) is 18.2 Å². The summed E-state index contributed by atoms with van der Waals surface area (Å²) in [6.45, 7) is 2.79. The third-order valence-electron chi connectivity index (χ3n) is 2.44. The first-order valence-electron chi connectivity index (χ1n) is 6.44. The Balaban J connectivity index is 0.00000441. The van der Waals surface area contributed by atoms with Crippen molar-refractivity contribution in [1.82, 2.24) is 10.6 Å². The molecule has 0 spiro atoms. The molecule has 22 heavy (non-hydrogen) atoms. The van der Waals surface area contributed by atoms with Gasteiger partial charge in [0.1, 0.15) is 11.6 Å². The van der Waals surface area contributed by atoms with Crippen molar-refractivity contribution in [1.29, 1.82) is 0 Å². The predicted octanol–water partition coefficient (Wildman–Crippen LogP) is 3.51. The standard InChI is InChI=1S/C14H20F3N3O.HI/c1-14(2,3)20-13(18-4)19-8-9-10(15)6-5-7-11(9)21-12(16)17;/h5-7,12H,8H2,1-4H3,(H2,18,19,20);1H. The van der Waals surface area contributed by atoms with Gasteiger partial charge in [-0.2, -0.15) is 8.78 Å². The van der Waals surface area contributed by atoms with Gasteiger partial charge in [0, 0.05) is 24.7 Å². The Morgan fingerprint density at radius 3 is 2.45 bits per heavy atom. The number of hydrogen-bond donors (Lipinski definition) is 2. The fraction of sp³-hybridized carbons (Fsp3) is 0.500. The van der Waals surface area contributed by atoms with E-state index < -0.39 is 12.4 Å². The molecule has 0 radical (unpaired) electrons. The van der Waals surface area contributed by atoms with Gasteiger partial charge >= 0.3 is 6.61 Å². The fourth-order valence-electron chi connectivity index (χ4n) is 1.62. The summed E-state index contributed by atoms with van der Waals surface area (Å²) in [7, 11) is 1.57. The quantitative estimate of drug-likeness (QED) is 0.436. The van der Waals surface area contributed by atoms with Crippen LogP contribution in [0, 0.1) is 5.82 Å². The zero-order valence-corrected chi connectivity index (χ0v) is 15.2. The maximum atomic E-state index is 13.8. The zero-order valence-electron chi connectivity index (χ0n) is 12.9. The summed E-state index contributed by atoms with van der Waals surface area (Å²) in [6.07, 6.45) is 0. The van der Waals surface area contributed by atoms with Crippen molar-refractivity contribution in [3.63, 3.8) is 0 Å². The molecule has 0 saturated heterocycles. The molecule has 0 aromatic heterocycles. The lowest BCUT2D eigenvalue weighted by atomic mass is 10.1. The second kappa shape index (κ2) is 9.06. The van der Waals surface area contributed by atoms with Crippen LogP contribution in [0.25, 0.3) is 0 Å². The first-order chi connectivity index (χ1) is 9.73. The molecule has 2 N–H and O–H groups in total. The molecule has 1 aromatic rings. The van der Waals surface area contributed by atoms with Gasteiger partial charge in [-0.3, -0.25) is 4.99 Å². The molecule has 126 valence electrons. The highest BCUT2D eigenvalue weighted by molar-refractivity contribution is 14.0. The van der Waals surface area contributed by atoms with Crippen LogP contribution in [0.1, 0.15) is 26.3 Å². The Labute approximate surface area is 145 Å². The number of benzene rings is 1. The van der Waals surface area contributed by atoms with Crippen LogP contribution in [-0.4, -0.2) is 25.2 Å². The highest BCUT2D eigenvalue weighted by Crippen LogP contribution is 2.23. The van der Waals surface area contributed by atoms with Gasteiger partial charge in [0.25, 0.3) is 0 Å². The number of nitrogens with one attached hydrogen (secondary N) is 2. The lowest BCUT2D eigenvalue weighted by Gasteiger charge is -2.24. The largest absolute Gasteiger partial charge is 0.434 e. The smallest absolute Gasteiger partial charge is 0.387 e. The third kappa shape index (κ3) is 7.19. The minimum atomic E-state index is -3.00. The molecule has 0 heterocycles. The second-order valence-electron chi connectivity index (χ2n) is 5.40. The number of aliphatic imine (C=N–C) groups is 1. The third-order valence-corrected chi connectivity index (χ3v) is 2.44. The van der Waals surface area contributed by atoms with Gasteiger partial charge < -0.3 is 15.4 Å². The topological polar surface area (TPSA) is 45.7 Å². The summed E-state index contributed by atoms with van der Waals surface area (Å²) in [5.74, 6) is -0.371. The Bertz CT molecular complexity index is 505. The average molecular weight is 431 g/mol. The lowest BCUT2D eigenvalue weighted by Crippen LogP contribution is -2.47. The van der Waals surface area contributed by atoms with E-state index in [1.54, 1.807) is 7.05 Å². The number of guanidine groups is 1. The molecule has 0 fully saturated rings. The molecule has 0 aliphatic rings. The summed E-state index contributed by atoms with van der Waals surface area (Å²) in [6, 6.07) is 3.81. The van der Waals surface area contributed by atoms with Gasteiger partial charge in [-0.1, -0.05) is 6.07 Å². The maximum absolute atomic E-state index is 13.8. The molecule has 8 heteroatoms. The van der Waals surface area contributed by atoms with Crippen LogP contribution in [-0.2, 0) is 6.54 Å². The van der Waals surface area contributed by atoms with E-state index in [1.807, 2.05) is 20.8 Å². The van der Waals surface area contributed by atoms with Gasteiger partial charge in [-0.05, 0) is 32.9 Å². The SMILES string of the molecule is CN=C(NCc1c(F)cccc1OC(F)F)NC(C)(C)C.I. The predicted molar refractivity (Wildman–Crippen MR) is 91.5 cm³/mol. The molecule has 0 unspecified atom stereocenters. The molecule has 4 nitrogen and oxygen atoms in total. The van der Waals surface area contributed by atoms with Crippen LogP contribution in [0.3, 0.4) is 0 Å². The van der Waals surface area contributed by atoms with E-state index in [0.29, 0.717) is 5.96 Å². The molecule has 0 saturated carbocycles. The molecular formula is C14H21F3IN3O. The summed E-state index contributed by atoms with van der Waals surface area (Å²) in [5.41, 5.74) is -0.214. The molecule has 0 amide bonds. The van der Waals surface area contributed by atoms with Crippen molar-refractivity contribution in [2.45, 2.75) is 39.5 Å². The van der Waals surface area contributed by atoms with Crippen LogP contribution in [0.2, 0.25) is 0 Å². The van der Waals surface area contributed by atoms with Crippen molar-refractivity contribution < 1.29 is 17.9 Å². The Morgan fingerprint density at radius 2 is 1.95 bits per heavy atom. The normalized spacial score (nSPS) is 11.9. The number of alkyl halides is 2. The van der Waals surface area contributed by atoms with Crippen molar-refractivity contribution in [2.24, 2.45) is 4.99 Å². The van der Waals surface area contributed by atoms with E-state index in [-0.39, 0.29) is 47.4 Å². The number of ether oxygens (including phenoxy) is 1. The highest BCUT2D eigenvalue weighted by Gasteiger charge is 2.16. The second-order valence-corrected chi connectivity index (χ2v) is 5.40. The molecule has 0 aliphatic heterocycles. The summed E-state index contributed by atoms with van der Waals surface area (Å²) >= 11 is 0. The van der Waals surface area contributed by atoms with Crippen molar-refractivity contribution >= 4 is 29.9 Å². The number of hydrogen-bond acceptors (Lipinski definition) is 2. The number of rotatable bonds is 4. The summed E-state index contributed by atoms with van der Waals surface area (Å²) in [5, 5.41) is 5.95. The first kappa shape index (κ1) is 20.8. The average Bonchev–Trinajstić information content (AvgIpc) is 2.34. The van der Waals surface area contributed by atoms with Crippen LogP contribution in [0.4, 0.5) is 13.2 Å². The Hall–Kier alpha value is -1.19.